The Morgan fingerprint density at radius 3 is 1.62 bits per heavy atom. The van der Waals surface area contributed by atoms with Crippen LogP contribution in [0.3, 0.4) is 0 Å². The van der Waals surface area contributed by atoms with E-state index in [1.165, 1.54) is 50.1 Å². The summed E-state index contributed by atoms with van der Waals surface area (Å²) in [5.41, 5.74) is 14.5. The van der Waals surface area contributed by atoms with Crippen molar-refractivity contribution in [2.24, 2.45) is 0 Å². The van der Waals surface area contributed by atoms with E-state index in [1.807, 2.05) is 0 Å². The minimum Gasteiger partial charge on any atom is -1.00 e. The molecule has 0 radical (unpaired) electrons. The van der Waals surface area contributed by atoms with Crippen molar-refractivity contribution in [1.82, 2.24) is 0 Å². The Labute approximate surface area is 257 Å². The molecule has 0 spiro atoms. The predicted molar refractivity (Wildman–Crippen MR) is 158 cm³/mol. The standard InChI is InChI=1S/C13H9.C13H10.C11H11.2ClH.Zr/c1-3-7-12-10(5-1)9-11-6-2-4-8-13(11)12;1-3-7-12(8-4-1)11-13-9-5-2-6-10-13;1-8-6-7-10-4-3-5-11(10)9(8)2;;;/h1-9H;1-10H;3-7H,1-2H3;2*1H;/q;;;;;+2/p-2. The van der Waals surface area contributed by atoms with Gasteiger partial charge < -0.3 is 24.8 Å². The van der Waals surface area contributed by atoms with Gasteiger partial charge in [-0.2, -0.15) is 0 Å². The van der Waals surface area contributed by atoms with E-state index in [4.69, 9.17) is 0 Å². The van der Waals surface area contributed by atoms with E-state index in [1.54, 1.807) is 8.77 Å². The second-order valence-corrected chi connectivity index (χ2v) is 16.9. The van der Waals surface area contributed by atoms with Crippen molar-refractivity contribution >= 4 is 9.28 Å². The largest absolute Gasteiger partial charge is 1.00 e. The van der Waals surface area contributed by atoms with Gasteiger partial charge in [-0.05, 0) is 0 Å². The maximum absolute atomic E-state index is 2.69. The van der Waals surface area contributed by atoms with Crippen molar-refractivity contribution in [2.45, 2.75) is 21.1 Å². The second-order valence-electron chi connectivity index (χ2n) is 10.5. The van der Waals surface area contributed by atoms with Crippen LogP contribution in [0.15, 0.2) is 127 Å². The van der Waals surface area contributed by atoms with Crippen molar-refractivity contribution in [3.63, 3.8) is 0 Å². The minimum atomic E-state index is -2.69. The SMILES string of the molecule is Cc1ccc2c(c1C)[CH]([Zr+2](=[C](c1ccccc1)c1ccccc1)[CH]1c3ccccc3-c3ccccc31)C=C2.[Cl-].[Cl-]. The fourth-order valence-electron chi connectivity index (χ4n) is 6.65. The van der Waals surface area contributed by atoms with Crippen LogP contribution in [0, 0.1) is 13.8 Å². The number of aryl methyl sites for hydroxylation is 1. The van der Waals surface area contributed by atoms with Gasteiger partial charge in [0.15, 0.2) is 0 Å². The average Bonchev–Trinajstić information content (AvgIpc) is 3.55. The molecule has 3 heteroatoms. The van der Waals surface area contributed by atoms with Gasteiger partial charge in [0.1, 0.15) is 0 Å². The summed E-state index contributed by atoms with van der Waals surface area (Å²) in [7, 11) is 0. The van der Waals surface area contributed by atoms with Gasteiger partial charge >= 0.3 is 235 Å². The summed E-state index contributed by atoms with van der Waals surface area (Å²) in [6, 6.07) is 45.6. The van der Waals surface area contributed by atoms with Gasteiger partial charge in [0.05, 0.1) is 0 Å². The first-order valence-electron chi connectivity index (χ1n) is 13.5. The first-order chi connectivity index (χ1) is 18.7. The number of hydrogen-bond acceptors (Lipinski definition) is 0. The quantitative estimate of drug-likeness (QED) is 0.285. The fraction of sp³-hybridized carbons (Fsp3) is 0.108. The number of allylic oxidation sites excluding steroid dienone is 1. The summed E-state index contributed by atoms with van der Waals surface area (Å²) in [5, 5.41) is 0. The van der Waals surface area contributed by atoms with Crippen LogP contribution < -0.4 is 24.8 Å². The van der Waals surface area contributed by atoms with Crippen LogP contribution in [-0.2, 0) is 21.3 Å². The van der Waals surface area contributed by atoms with E-state index in [0.29, 0.717) is 7.25 Å². The molecule has 1 atom stereocenters. The second kappa shape index (κ2) is 12.0. The van der Waals surface area contributed by atoms with Gasteiger partial charge in [-0.3, -0.25) is 0 Å². The molecule has 0 saturated heterocycles. The minimum absolute atomic E-state index is 0. The number of benzene rings is 5. The van der Waals surface area contributed by atoms with Gasteiger partial charge in [0.2, 0.25) is 0 Å². The van der Waals surface area contributed by atoms with Crippen molar-refractivity contribution < 1.29 is 46.1 Å². The Morgan fingerprint density at radius 1 is 0.575 bits per heavy atom. The van der Waals surface area contributed by atoms with Gasteiger partial charge in [-0.15, -0.1) is 0 Å². The molecule has 7 rings (SSSR count). The molecule has 5 aromatic carbocycles. The molecule has 0 saturated carbocycles. The first kappa shape index (κ1) is 28.7. The molecular formula is C37H30Cl2Zr. The molecule has 196 valence electrons. The molecule has 2 aliphatic carbocycles. The van der Waals surface area contributed by atoms with Gasteiger partial charge in [-0.25, -0.2) is 0 Å². The van der Waals surface area contributed by atoms with E-state index in [0.717, 1.165) is 0 Å². The summed E-state index contributed by atoms with van der Waals surface area (Å²) >= 11 is -2.69. The van der Waals surface area contributed by atoms with Crippen LogP contribution in [0.25, 0.3) is 17.2 Å². The topological polar surface area (TPSA) is 0 Å². The maximum Gasteiger partial charge on any atom is -1.00 e. The van der Waals surface area contributed by atoms with Crippen LogP contribution in [0.4, 0.5) is 0 Å². The third-order valence-electron chi connectivity index (χ3n) is 8.49. The number of halogens is 2. The Kier molecular flexibility index (Phi) is 8.58. The third-order valence-corrected chi connectivity index (χ3v) is 17.2. The van der Waals surface area contributed by atoms with Crippen molar-refractivity contribution in [3.05, 3.63) is 172 Å². The average molecular weight is 637 g/mol. The molecule has 1 unspecified atom stereocenters. The summed E-state index contributed by atoms with van der Waals surface area (Å²) < 4.78 is 2.53. The van der Waals surface area contributed by atoms with E-state index in [9.17, 15) is 0 Å². The monoisotopic (exact) mass is 634 g/mol. The normalized spacial score (nSPS) is 14.2. The molecule has 0 aliphatic heterocycles. The Bertz CT molecular complexity index is 1650. The molecular weight excluding hydrogens is 607 g/mol. The Morgan fingerprint density at radius 2 is 1.07 bits per heavy atom. The zero-order valence-electron chi connectivity index (χ0n) is 22.6. The zero-order valence-corrected chi connectivity index (χ0v) is 26.6. The molecule has 0 fully saturated rings. The summed E-state index contributed by atoms with van der Waals surface area (Å²) in [5.74, 6) is 0. The maximum atomic E-state index is 2.57. The van der Waals surface area contributed by atoms with Crippen LogP contribution >= 0.6 is 0 Å². The van der Waals surface area contributed by atoms with E-state index < -0.39 is 21.3 Å². The number of hydrogen-bond donors (Lipinski definition) is 0. The molecule has 2 aliphatic rings. The first-order valence-corrected chi connectivity index (χ1v) is 17.6. The van der Waals surface area contributed by atoms with E-state index in [-0.39, 0.29) is 24.8 Å². The molecule has 40 heavy (non-hydrogen) atoms. The van der Waals surface area contributed by atoms with Crippen LogP contribution in [0.5, 0.6) is 0 Å². The Hall–Kier alpha value is -2.83. The third kappa shape index (κ3) is 4.73. The van der Waals surface area contributed by atoms with E-state index >= 15 is 0 Å². The van der Waals surface area contributed by atoms with Crippen LogP contribution in [-0.4, -0.2) is 3.21 Å². The summed E-state index contributed by atoms with van der Waals surface area (Å²) in [6.07, 6.45) is 4.98. The molecule has 0 heterocycles. The van der Waals surface area contributed by atoms with Crippen LogP contribution in [0.2, 0.25) is 0 Å². The molecule has 0 bridgehead atoms. The molecule has 5 aromatic rings. The van der Waals surface area contributed by atoms with Gasteiger partial charge in [0, 0.05) is 0 Å². The molecule has 0 nitrogen and oxygen atoms in total. The molecule has 0 N–H and O–H groups in total. The number of fused-ring (bicyclic) bond motifs is 4. The smallest absolute Gasteiger partial charge is 1.00 e. The van der Waals surface area contributed by atoms with Gasteiger partial charge in [0.25, 0.3) is 0 Å². The van der Waals surface area contributed by atoms with Crippen molar-refractivity contribution in [2.75, 3.05) is 0 Å². The zero-order chi connectivity index (χ0) is 25.6. The molecule has 0 amide bonds. The Balaban J connectivity index is 0.00000161. The predicted octanol–water partition coefficient (Wildman–Crippen LogP) is 3.04. The van der Waals surface area contributed by atoms with Crippen molar-refractivity contribution in [1.29, 1.82) is 0 Å². The summed E-state index contributed by atoms with van der Waals surface area (Å²) in [6.45, 7) is 4.61. The summed E-state index contributed by atoms with van der Waals surface area (Å²) in [4.78, 5) is 0. The van der Waals surface area contributed by atoms with Crippen molar-refractivity contribution in [3.8, 4) is 11.1 Å². The molecule has 0 aromatic heterocycles. The fourth-order valence-corrected chi connectivity index (χ4v) is 16.8. The van der Waals surface area contributed by atoms with E-state index in [2.05, 4.69) is 147 Å². The van der Waals surface area contributed by atoms with Crippen LogP contribution in [0.1, 0.15) is 51.8 Å². The van der Waals surface area contributed by atoms with Gasteiger partial charge in [-0.1, -0.05) is 0 Å². The number of rotatable bonds is 4.